The minimum absolute atomic E-state index is 0.187. The van der Waals surface area contributed by atoms with E-state index in [1.54, 1.807) is 0 Å². The van der Waals surface area contributed by atoms with E-state index in [1.165, 1.54) is 19.3 Å². The van der Waals surface area contributed by atoms with Crippen molar-refractivity contribution in [2.45, 2.75) is 31.3 Å². The predicted octanol–water partition coefficient (Wildman–Crippen LogP) is -0.0299. The van der Waals surface area contributed by atoms with Crippen LogP contribution in [0, 0.1) is 0 Å². The molecule has 3 fully saturated rings. The van der Waals surface area contributed by atoms with Crippen molar-refractivity contribution in [3.8, 4) is 0 Å². The first kappa shape index (κ1) is 13.8. The number of piperidine rings is 1. The van der Waals surface area contributed by atoms with Crippen molar-refractivity contribution in [2.75, 3.05) is 50.9 Å². The van der Waals surface area contributed by atoms with Crippen LogP contribution in [0.15, 0.2) is 0 Å². The monoisotopic (exact) mass is 288 g/mol. The fourth-order valence-electron chi connectivity index (χ4n) is 3.67. The normalized spacial score (nSPS) is 37.5. The van der Waals surface area contributed by atoms with Gasteiger partial charge in [0.1, 0.15) is 0 Å². The summed E-state index contributed by atoms with van der Waals surface area (Å²) in [5.41, 5.74) is 0. The highest BCUT2D eigenvalue weighted by atomic mass is 32.2. The maximum atomic E-state index is 12.1. The van der Waals surface area contributed by atoms with Crippen LogP contribution in [0.25, 0.3) is 0 Å². The summed E-state index contributed by atoms with van der Waals surface area (Å²) in [7, 11) is -2.87. The Morgan fingerprint density at radius 1 is 0.789 bits per heavy atom. The molecule has 0 aromatic carbocycles. The van der Waals surface area contributed by atoms with Crippen molar-refractivity contribution in [3.63, 3.8) is 0 Å². The summed E-state index contributed by atoms with van der Waals surface area (Å²) in [6.07, 6.45) is 3.72. The van der Waals surface area contributed by atoms with Crippen LogP contribution < -0.4 is 0 Å². The second-order valence-corrected chi connectivity index (χ2v) is 8.11. The van der Waals surface area contributed by atoms with Crippen LogP contribution in [0.1, 0.15) is 19.3 Å². The van der Waals surface area contributed by atoms with E-state index in [0.717, 1.165) is 39.4 Å². The van der Waals surface area contributed by atoms with Gasteiger partial charge in [-0.15, -0.1) is 0 Å². The molecular weight excluding hydrogens is 264 g/mol. The second kappa shape index (κ2) is 5.68. The molecule has 0 spiro atoms. The van der Waals surface area contributed by atoms with Crippen molar-refractivity contribution in [1.82, 2.24) is 9.80 Å². The quantitative estimate of drug-likeness (QED) is 0.714. The first-order valence-electron chi connectivity index (χ1n) is 7.42. The van der Waals surface area contributed by atoms with Crippen LogP contribution >= 0.6 is 0 Å². The number of rotatable bonds is 2. The summed E-state index contributed by atoms with van der Waals surface area (Å²) < 4.78 is 29.5. The lowest BCUT2D eigenvalue weighted by Gasteiger charge is -2.40. The Morgan fingerprint density at radius 2 is 1.32 bits per heavy atom. The van der Waals surface area contributed by atoms with E-state index in [-0.39, 0.29) is 12.1 Å². The molecule has 6 heteroatoms. The second-order valence-electron chi connectivity index (χ2n) is 5.96. The molecule has 0 radical (unpaired) electrons. The Balaban J connectivity index is 1.74. The summed E-state index contributed by atoms with van der Waals surface area (Å²) in [6, 6.07) is 0.399. The van der Waals surface area contributed by atoms with E-state index in [2.05, 4.69) is 9.80 Å². The highest BCUT2D eigenvalue weighted by Gasteiger charge is 2.44. The Kier molecular flexibility index (Phi) is 4.12. The predicted molar refractivity (Wildman–Crippen MR) is 74.0 cm³/mol. The molecule has 0 aliphatic carbocycles. The zero-order chi connectivity index (χ0) is 13.3. The third kappa shape index (κ3) is 3.12. The van der Waals surface area contributed by atoms with Crippen LogP contribution in [0.2, 0.25) is 0 Å². The molecule has 0 amide bonds. The van der Waals surface area contributed by atoms with E-state index in [1.807, 2.05) is 0 Å². The van der Waals surface area contributed by atoms with Crippen molar-refractivity contribution in [2.24, 2.45) is 0 Å². The molecule has 0 aromatic heterocycles. The molecule has 0 aromatic rings. The standard InChI is InChI=1S/C13H24N2O3S/c16-19(17)10-12(14-4-2-1-3-5-14)13(11-19)15-6-8-18-9-7-15/h12-13H,1-11H2. The van der Waals surface area contributed by atoms with E-state index in [9.17, 15) is 8.42 Å². The molecule has 3 rings (SSSR count). The zero-order valence-electron chi connectivity index (χ0n) is 11.5. The molecule has 0 saturated carbocycles. The van der Waals surface area contributed by atoms with Crippen LogP contribution in [0.4, 0.5) is 0 Å². The number of likely N-dealkylation sites (tertiary alicyclic amines) is 1. The number of morpholine rings is 1. The molecule has 5 nitrogen and oxygen atoms in total. The Bertz CT molecular complexity index is 368. The van der Waals surface area contributed by atoms with Gasteiger partial charge >= 0.3 is 0 Å². The van der Waals surface area contributed by atoms with Gasteiger partial charge in [0.2, 0.25) is 0 Å². The van der Waals surface area contributed by atoms with Crippen molar-refractivity contribution in [3.05, 3.63) is 0 Å². The molecular formula is C13H24N2O3S. The van der Waals surface area contributed by atoms with Crippen molar-refractivity contribution >= 4 is 9.84 Å². The number of sulfone groups is 1. The van der Waals surface area contributed by atoms with Crippen molar-refractivity contribution in [1.29, 1.82) is 0 Å². The van der Waals surface area contributed by atoms with Gasteiger partial charge in [0.15, 0.2) is 9.84 Å². The highest BCUT2D eigenvalue weighted by Crippen LogP contribution is 2.26. The van der Waals surface area contributed by atoms with Gasteiger partial charge in [0, 0.05) is 25.2 Å². The number of ether oxygens (including phenoxy) is 1. The number of hydrogen-bond donors (Lipinski definition) is 0. The van der Waals surface area contributed by atoms with Gasteiger partial charge in [-0.3, -0.25) is 9.80 Å². The summed E-state index contributed by atoms with van der Waals surface area (Å²) >= 11 is 0. The fourth-order valence-corrected chi connectivity index (χ4v) is 5.71. The van der Waals surface area contributed by atoms with Crippen LogP contribution in [0.5, 0.6) is 0 Å². The number of nitrogens with zero attached hydrogens (tertiary/aromatic N) is 2. The van der Waals surface area contributed by atoms with Gasteiger partial charge in [-0.2, -0.15) is 0 Å². The van der Waals surface area contributed by atoms with Crippen LogP contribution in [-0.4, -0.2) is 81.2 Å². The SMILES string of the molecule is O=S1(=O)CC(N2CCCCC2)C(N2CCOCC2)C1. The molecule has 0 bridgehead atoms. The minimum atomic E-state index is -2.87. The van der Waals surface area contributed by atoms with Gasteiger partial charge in [-0.05, 0) is 25.9 Å². The van der Waals surface area contributed by atoms with Crippen molar-refractivity contribution < 1.29 is 13.2 Å². The van der Waals surface area contributed by atoms with E-state index < -0.39 is 9.84 Å². The molecule has 3 aliphatic heterocycles. The molecule has 2 unspecified atom stereocenters. The van der Waals surface area contributed by atoms with Gasteiger partial charge < -0.3 is 4.74 Å². The largest absolute Gasteiger partial charge is 0.379 e. The first-order valence-corrected chi connectivity index (χ1v) is 9.24. The van der Waals surface area contributed by atoms with E-state index in [0.29, 0.717) is 11.5 Å². The molecule has 19 heavy (non-hydrogen) atoms. The van der Waals surface area contributed by atoms with Gasteiger partial charge in [0.25, 0.3) is 0 Å². The smallest absolute Gasteiger partial charge is 0.153 e. The Labute approximate surface area is 115 Å². The maximum absolute atomic E-state index is 12.1. The highest BCUT2D eigenvalue weighted by molar-refractivity contribution is 7.91. The van der Waals surface area contributed by atoms with Gasteiger partial charge in [-0.25, -0.2) is 8.42 Å². The average molecular weight is 288 g/mol. The fraction of sp³-hybridized carbons (Fsp3) is 1.00. The average Bonchev–Trinajstić information content (AvgIpc) is 2.77. The van der Waals surface area contributed by atoms with Crippen LogP contribution in [-0.2, 0) is 14.6 Å². The molecule has 2 atom stereocenters. The zero-order valence-corrected chi connectivity index (χ0v) is 12.3. The van der Waals surface area contributed by atoms with Gasteiger partial charge in [-0.1, -0.05) is 6.42 Å². The summed E-state index contributed by atoms with van der Waals surface area (Å²) in [5, 5.41) is 0. The van der Waals surface area contributed by atoms with E-state index in [4.69, 9.17) is 4.74 Å². The molecule has 3 heterocycles. The third-order valence-corrected chi connectivity index (χ3v) is 6.37. The lowest BCUT2D eigenvalue weighted by atomic mass is 10.0. The topological polar surface area (TPSA) is 49.9 Å². The Morgan fingerprint density at radius 3 is 1.89 bits per heavy atom. The molecule has 0 N–H and O–H groups in total. The Hall–Kier alpha value is -0.170. The molecule has 3 saturated heterocycles. The lowest BCUT2D eigenvalue weighted by molar-refractivity contribution is 0.000663. The minimum Gasteiger partial charge on any atom is -0.379 e. The number of hydrogen-bond acceptors (Lipinski definition) is 5. The maximum Gasteiger partial charge on any atom is 0.153 e. The third-order valence-electron chi connectivity index (χ3n) is 4.67. The molecule has 110 valence electrons. The lowest BCUT2D eigenvalue weighted by Crippen LogP contribution is -2.55. The molecule has 3 aliphatic rings. The summed E-state index contributed by atoms with van der Waals surface area (Å²) in [6.45, 7) is 5.38. The first-order chi connectivity index (χ1) is 9.16. The summed E-state index contributed by atoms with van der Waals surface area (Å²) in [5.74, 6) is 0.698. The van der Waals surface area contributed by atoms with E-state index >= 15 is 0 Å². The van der Waals surface area contributed by atoms with Crippen LogP contribution in [0.3, 0.4) is 0 Å². The van der Waals surface area contributed by atoms with Gasteiger partial charge in [0.05, 0.1) is 24.7 Å². The summed E-state index contributed by atoms with van der Waals surface area (Å²) in [4.78, 5) is 4.77.